The molecule has 110 valence electrons. The lowest BCUT2D eigenvalue weighted by molar-refractivity contribution is -0.385. The van der Waals surface area contributed by atoms with Crippen molar-refractivity contribution in [1.29, 1.82) is 0 Å². The number of hydrogen-bond donors (Lipinski definition) is 1. The fourth-order valence-corrected chi connectivity index (χ4v) is 4.40. The van der Waals surface area contributed by atoms with Crippen molar-refractivity contribution < 1.29 is 14.5 Å². The average molecular weight is 436 g/mol. The van der Waals surface area contributed by atoms with Crippen LogP contribution in [0.4, 0.5) is 11.4 Å². The number of carbonyl (C=O) groups excluding carboxylic acids is 1. The number of benzene rings is 1. The Morgan fingerprint density at radius 1 is 1.38 bits per heavy atom. The first kappa shape index (κ1) is 15.9. The number of nitrogens with zero attached hydrogens (tertiary/aromatic N) is 1. The number of methoxy groups -OCH3 is 1. The van der Waals surface area contributed by atoms with Gasteiger partial charge in [0.25, 0.3) is 5.91 Å². The summed E-state index contributed by atoms with van der Waals surface area (Å²) in [5.41, 5.74) is 0.563. The van der Waals surface area contributed by atoms with Crippen LogP contribution >= 0.6 is 43.2 Å². The van der Waals surface area contributed by atoms with Gasteiger partial charge in [-0.15, -0.1) is 11.3 Å². The van der Waals surface area contributed by atoms with Gasteiger partial charge in [-0.2, -0.15) is 0 Å². The zero-order valence-corrected chi connectivity index (χ0v) is 14.5. The van der Waals surface area contributed by atoms with Crippen molar-refractivity contribution in [1.82, 2.24) is 0 Å². The largest absolute Gasteiger partial charge is 0.490 e. The molecule has 0 unspecified atom stereocenters. The van der Waals surface area contributed by atoms with Gasteiger partial charge in [0.2, 0.25) is 0 Å². The SMILES string of the molecule is COc1ccc(NC(=O)c2cc(Br)sc2Br)cc1[N+](=O)[O-]. The van der Waals surface area contributed by atoms with Gasteiger partial charge in [-0.1, -0.05) is 0 Å². The summed E-state index contributed by atoms with van der Waals surface area (Å²) in [5, 5.41) is 13.6. The van der Waals surface area contributed by atoms with E-state index in [1.807, 2.05) is 0 Å². The number of carbonyl (C=O) groups is 1. The Morgan fingerprint density at radius 3 is 2.62 bits per heavy atom. The minimum Gasteiger partial charge on any atom is -0.490 e. The highest BCUT2D eigenvalue weighted by Gasteiger charge is 2.18. The number of nitro benzene ring substituents is 1. The summed E-state index contributed by atoms with van der Waals surface area (Å²) in [6.45, 7) is 0. The Hall–Kier alpha value is -1.45. The van der Waals surface area contributed by atoms with Crippen LogP contribution in [0.3, 0.4) is 0 Å². The summed E-state index contributed by atoms with van der Waals surface area (Å²) in [5.74, 6) is -0.222. The summed E-state index contributed by atoms with van der Waals surface area (Å²) >= 11 is 7.95. The minimum atomic E-state index is -0.564. The third-order valence-electron chi connectivity index (χ3n) is 2.53. The highest BCUT2D eigenvalue weighted by atomic mass is 79.9. The van der Waals surface area contributed by atoms with Crippen LogP contribution in [0.1, 0.15) is 10.4 Å². The van der Waals surface area contributed by atoms with Gasteiger partial charge in [0.1, 0.15) is 0 Å². The molecular formula is C12H8Br2N2O4S. The Labute approximate surface area is 140 Å². The monoisotopic (exact) mass is 434 g/mol. The van der Waals surface area contributed by atoms with Crippen molar-refractivity contribution >= 4 is 60.5 Å². The lowest BCUT2D eigenvalue weighted by atomic mass is 10.2. The van der Waals surface area contributed by atoms with E-state index in [-0.39, 0.29) is 17.3 Å². The molecule has 0 saturated heterocycles. The van der Waals surface area contributed by atoms with Crippen LogP contribution in [0.2, 0.25) is 0 Å². The Kier molecular flexibility index (Phi) is 4.96. The number of halogens is 2. The quantitative estimate of drug-likeness (QED) is 0.568. The second kappa shape index (κ2) is 6.54. The predicted octanol–water partition coefficient (Wildman–Crippen LogP) is 4.44. The maximum atomic E-state index is 12.1. The predicted molar refractivity (Wildman–Crippen MR) is 87.3 cm³/mol. The summed E-state index contributed by atoms with van der Waals surface area (Å²) in [7, 11) is 1.35. The molecule has 1 amide bonds. The van der Waals surface area contributed by atoms with Crippen molar-refractivity contribution in [2.24, 2.45) is 0 Å². The van der Waals surface area contributed by atoms with E-state index >= 15 is 0 Å². The lowest BCUT2D eigenvalue weighted by Crippen LogP contribution is -2.11. The Bertz CT molecular complexity index is 717. The van der Waals surface area contributed by atoms with Crippen LogP contribution < -0.4 is 10.1 Å². The van der Waals surface area contributed by atoms with E-state index in [9.17, 15) is 14.9 Å². The number of ether oxygens (including phenoxy) is 1. The average Bonchev–Trinajstić information content (AvgIpc) is 2.77. The Morgan fingerprint density at radius 2 is 2.10 bits per heavy atom. The minimum absolute atomic E-state index is 0.137. The third kappa shape index (κ3) is 3.60. The van der Waals surface area contributed by atoms with Crippen LogP contribution in [-0.4, -0.2) is 17.9 Å². The summed E-state index contributed by atoms with van der Waals surface area (Å²) < 4.78 is 6.39. The van der Waals surface area contributed by atoms with E-state index in [1.165, 1.54) is 30.6 Å². The second-order valence-corrected chi connectivity index (χ2v) is 7.59. The fourth-order valence-electron chi connectivity index (χ4n) is 1.60. The number of hydrogen-bond acceptors (Lipinski definition) is 5. The molecule has 2 rings (SSSR count). The molecule has 2 aromatic rings. The van der Waals surface area contributed by atoms with Crippen LogP contribution in [0.5, 0.6) is 5.75 Å². The fraction of sp³-hybridized carbons (Fsp3) is 0.0833. The number of nitro groups is 1. The molecular weight excluding hydrogens is 428 g/mol. The maximum Gasteiger partial charge on any atom is 0.312 e. The standard InChI is InChI=1S/C12H8Br2N2O4S/c1-20-9-3-2-6(4-8(9)16(18)19)15-12(17)7-5-10(13)21-11(7)14/h2-5H,1H3,(H,15,17). The summed E-state index contributed by atoms with van der Waals surface area (Å²) in [6, 6.07) is 5.90. The second-order valence-electron chi connectivity index (χ2n) is 3.84. The van der Waals surface area contributed by atoms with Gasteiger partial charge < -0.3 is 10.1 Å². The molecule has 1 aromatic carbocycles. The van der Waals surface area contributed by atoms with Gasteiger partial charge in [0.15, 0.2) is 5.75 Å². The molecule has 0 aliphatic carbocycles. The van der Waals surface area contributed by atoms with Gasteiger partial charge in [-0.25, -0.2) is 0 Å². The van der Waals surface area contributed by atoms with Crippen molar-refractivity contribution in [2.75, 3.05) is 12.4 Å². The van der Waals surface area contributed by atoms with E-state index in [2.05, 4.69) is 37.2 Å². The first-order valence-electron chi connectivity index (χ1n) is 5.51. The number of thiophene rings is 1. The van der Waals surface area contributed by atoms with Crippen molar-refractivity contribution in [3.63, 3.8) is 0 Å². The molecule has 0 atom stereocenters. The molecule has 0 spiro atoms. The molecule has 6 nitrogen and oxygen atoms in total. The molecule has 0 saturated carbocycles. The van der Waals surface area contributed by atoms with Crippen LogP contribution in [0.15, 0.2) is 31.8 Å². The molecule has 9 heteroatoms. The van der Waals surface area contributed by atoms with Crippen LogP contribution in [-0.2, 0) is 0 Å². The number of rotatable bonds is 4. The highest BCUT2D eigenvalue weighted by Crippen LogP contribution is 2.33. The first-order valence-corrected chi connectivity index (χ1v) is 7.91. The van der Waals surface area contributed by atoms with Crippen LogP contribution in [0, 0.1) is 10.1 Å². The molecule has 1 aromatic heterocycles. The third-order valence-corrected chi connectivity index (χ3v) is 4.87. The number of nitrogens with one attached hydrogen (secondary N) is 1. The summed E-state index contributed by atoms with van der Waals surface area (Å²) in [4.78, 5) is 22.5. The van der Waals surface area contributed by atoms with Crippen LogP contribution in [0.25, 0.3) is 0 Å². The van der Waals surface area contributed by atoms with E-state index < -0.39 is 4.92 Å². The maximum absolute atomic E-state index is 12.1. The smallest absolute Gasteiger partial charge is 0.312 e. The lowest BCUT2D eigenvalue weighted by Gasteiger charge is -2.06. The molecule has 0 aliphatic heterocycles. The van der Waals surface area contributed by atoms with E-state index in [1.54, 1.807) is 12.1 Å². The van der Waals surface area contributed by atoms with Crippen molar-refractivity contribution in [3.05, 3.63) is 47.5 Å². The van der Waals surface area contributed by atoms with Crippen molar-refractivity contribution in [3.8, 4) is 5.75 Å². The number of amides is 1. The van der Waals surface area contributed by atoms with Gasteiger partial charge in [0.05, 0.1) is 25.2 Å². The molecule has 1 N–H and O–H groups in total. The molecule has 0 aliphatic rings. The molecule has 0 fully saturated rings. The van der Waals surface area contributed by atoms with E-state index in [4.69, 9.17) is 4.74 Å². The topological polar surface area (TPSA) is 81.5 Å². The Balaban J connectivity index is 2.27. The zero-order chi connectivity index (χ0) is 15.6. The van der Waals surface area contributed by atoms with Gasteiger partial charge in [-0.3, -0.25) is 14.9 Å². The molecule has 1 heterocycles. The van der Waals surface area contributed by atoms with E-state index in [0.717, 1.165) is 3.79 Å². The molecule has 0 radical (unpaired) electrons. The molecule has 0 bridgehead atoms. The van der Waals surface area contributed by atoms with Gasteiger partial charge in [0, 0.05) is 11.8 Å². The van der Waals surface area contributed by atoms with E-state index in [0.29, 0.717) is 15.0 Å². The van der Waals surface area contributed by atoms with Gasteiger partial charge in [-0.05, 0) is 50.1 Å². The number of anilines is 1. The zero-order valence-electron chi connectivity index (χ0n) is 10.6. The molecule has 21 heavy (non-hydrogen) atoms. The summed E-state index contributed by atoms with van der Waals surface area (Å²) in [6.07, 6.45) is 0. The van der Waals surface area contributed by atoms with Crippen molar-refractivity contribution in [2.45, 2.75) is 0 Å². The highest BCUT2D eigenvalue weighted by molar-refractivity contribution is 9.12. The van der Waals surface area contributed by atoms with Gasteiger partial charge >= 0.3 is 5.69 Å². The normalized spacial score (nSPS) is 10.2. The first-order chi connectivity index (χ1) is 9.92.